The van der Waals surface area contributed by atoms with Gasteiger partial charge in [0.05, 0.1) is 4.91 Å². The summed E-state index contributed by atoms with van der Waals surface area (Å²) in [6.45, 7) is 6.55. The van der Waals surface area contributed by atoms with Gasteiger partial charge < -0.3 is 9.80 Å². The molecule has 2 aliphatic heterocycles. The Morgan fingerprint density at radius 1 is 0.905 bits per heavy atom. The maximum absolute atomic E-state index is 13.9. The Morgan fingerprint density at radius 2 is 1.64 bits per heavy atom. The first-order valence-corrected chi connectivity index (χ1v) is 16.5. The van der Waals surface area contributed by atoms with E-state index in [1.165, 1.54) is 35.1 Å². The van der Waals surface area contributed by atoms with Crippen LogP contribution in [-0.2, 0) is 17.8 Å². The number of benzene rings is 3. The number of hydrogen-bond donors (Lipinski definition) is 0. The second kappa shape index (κ2) is 12.9. The normalized spacial score (nSPS) is 22.3. The van der Waals surface area contributed by atoms with E-state index in [4.69, 9.17) is 0 Å². The van der Waals surface area contributed by atoms with Crippen LogP contribution in [0.25, 0.3) is 6.08 Å². The van der Waals surface area contributed by atoms with Crippen LogP contribution in [0.3, 0.4) is 0 Å². The van der Waals surface area contributed by atoms with Crippen molar-refractivity contribution >= 4 is 29.7 Å². The van der Waals surface area contributed by atoms with E-state index in [1.807, 2.05) is 35.2 Å². The van der Waals surface area contributed by atoms with Gasteiger partial charge >= 0.3 is 0 Å². The summed E-state index contributed by atoms with van der Waals surface area (Å²) >= 11 is 1.77. The lowest BCUT2D eigenvalue weighted by Crippen LogP contribution is -2.50. The molecular weight excluding hydrogens is 536 g/mol. The van der Waals surface area contributed by atoms with Gasteiger partial charge in [0.25, 0.3) is 11.8 Å². The number of carbonyl (C=O) groups is 2. The van der Waals surface area contributed by atoms with Crippen LogP contribution in [0, 0.1) is 19.8 Å². The van der Waals surface area contributed by atoms with E-state index >= 15 is 0 Å². The average Bonchev–Trinajstić information content (AvgIpc) is 3.02. The van der Waals surface area contributed by atoms with E-state index in [2.05, 4.69) is 67.3 Å². The van der Waals surface area contributed by atoms with E-state index in [9.17, 15) is 9.59 Å². The zero-order valence-corrected chi connectivity index (χ0v) is 25.7. The molecule has 2 heterocycles. The molecule has 4 nitrogen and oxygen atoms in total. The van der Waals surface area contributed by atoms with Gasteiger partial charge in [-0.25, -0.2) is 0 Å². The molecule has 2 amide bonds. The maximum atomic E-state index is 13.9. The SMILES string of the molecule is Cc1ccc(C)c(CN2C(=O)/C(=C/c3ccc(C(=O)N4CCC(Cc5ccccc5)CC4)cc3)SC3CCCCC32)c1. The smallest absolute Gasteiger partial charge is 0.260 e. The number of piperidine rings is 1. The molecule has 2 atom stereocenters. The van der Waals surface area contributed by atoms with Crippen LogP contribution in [-0.4, -0.2) is 46.0 Å². The van der Waals surface area contributed by atoms with Crippen molar-refractivity contribution in [1.29, 1.82) is 0 Å². The standard InChI is InChI=1S/C37H42N2O2S/c1-26-12-13-27(2)32(22-26)25-39-33-10-6-7-11-34(33)42-35(37(39)41)24-29-14-16-31(17-15-29)36(40)38-20-18-30(19-21-38)23-28-8-4-3-5-9-28/h3-5,8-9,12-17,22,24,30,33-34H,6-7,10-11,18-21,23,25H2,1-2H3/b35-24-. The number of carbonyl (C=O) groups excluding carboxylic acids is 2. The molecule has 5 heteroatoms. The molecule has 1 saturated carbocycles. The maximum Gasteiger partial charge on any atom is 0.260 e. The molecule has 3 aromatic carbocycles. The lowest BCUT2D eigenvalue weighted by molar-refractivity contribution is -0.130. The number of hydrogen-bond acceptors (Lipinski definition) is 3. The zero-order valence-electron chi connectivity index (χ0n) is 24.9. The number of amides is 2. The molecule has 0 radical (unpaired) electrons. The molecule has 3 fully saturated rings. The van der Waals surface area contributed by atoms with Crippen LogP contribution in [0.4, 0.5) is 0 Å². The summed E-state index contributed by atoms with van der Waals surface area (Å²) in [7, 11) is 0. The molecule has 0 bridgehead atoms. The van der Waals surface area contributed by atoms with E-state index in [0.717, 1.165) is 61.2 Å². The Morgan fingerprint density at radius 3 is 2.40 bits per heavy atom. The minimum absolute atomic E-state index is 0.111. The molecule has 218 valence electrons. The van der Waals surface area contributed by atoms with Crippen LogP contribution in [0.5, 0.6) is 0 Å². The summed E-state index contributed by atoms with van der Waals surface area (Å²) in [6.07, 6.45) is 9.88. The highest BCUT2D eigenvalue weighted by Crippen LogP contribution is 2.43. The first-order chi connectivity index (χ1) is 20.4. The molecule has 3 aromatic rings. The fraction of sp³-hybridized carbons (Fsp3) is 0.405. The third kappa shape index (κ3) is 6.52. The van der Waals surface area contributed by atoms with Gasteiger partial charge in [0.15, 0.2) is 0 Å². The monoisotopic (exact) mass is 578 g/mol. The average molecular weight is 579 g/mol. The topological polar surface area (TPSA) is 40.6 Å². The van der Waals surface area contributed by atoms with E-state index < -0.39 is 0 Å². The fourth-order valence-electron chi connectivity index (χ4n) is 6.86. The Balaban J connectivity index is 1.12. The van der Waals surface area contributed by atoms with Crippen molar-refractivity contribution in [2.45, 2.75) is 76.6 Å². The highest BCUT2D eigenvalue weighted by atomic mass is 32.2. The second-order valence-corrected chi connectivity index (χ2v) is 13.7. The Kier molecular flexibility index (Phi) is 8.85. The zero-order chi connectivity index (χ0) is 29.1. The molecule has 6 rings (SSSR count). The van der Waals surface area contributed by atoms with E-state index in [0.29, 0.717) is 23.8 Å². The summed E-state index contributed by atoms with van der Waals surface area (Å²) in [6, 6.07) is 25.4. The predicted octanol–water partition coefficient (Wildman–Crippen LogP) is 7.83. The summed E-state index contributed by atoms with van der Waals surface area (Å²) in [5.41, 5.74) is 6.80. The minimum Gasteiger partial charge on any atom is -0.339 e. The van der Waals surface area contributed by atoms with Crippen molar-refractivity contribution in [3.63, 3.8) is 0 Å². The number of aryl methyl sites for hydroxylation is 2. The number of nitrogens with zero attached hydrogens (tertiary/aromatic N) is 2. The fourth-order valence-corrected chi connectivity index (χ4v) is 8.33. The van der Waals surface area contributed by atoms with Crippen molar-refractivity contribution < 1.29 is 9.59 Å². The largest absolute Gasteiger partial charge is 0.339 e. The Bertz CT molecular complexity index is 1440. The summed E-state index contributed by atoms with van der Waals surface area (Å²) < 4.78 is 0. The van der Waals surface area contributed by atoms with Crippen LogP contribution < -0.4 is 0 Å². The summed E-state index contributed by atoms with van der Waals surface area (Å²) in [5.74, 6) is 0.886. The lowest BCUT2D eigenvalue weighted by Gasteiger charge is -2.44. The van der Waals surface area contributed by atoms with E-state index in [1.54, 1.807) is 11.8 Å². The Hall–Kier alpha value is -3.31. The summed E-state index contributed by atoms with van der Waals surface area (Å²) in [4.78, 5) is 32.1. The molecule has 0 N–H and O–H groups in total. The van der Waals surface area contributed by atoms with Crippen molar-refractivity contribution in [1.82, 2.24) is 9.80 Å². The van der Waals surface area contributed by atoms with Gasteiger partial charge in [-0.15, -0.1) is 11.8 Å². The van der Waals surface area contributed by atoms with Gasteiger partial charge in [-0.2, -0.15) is 0 Å². The van der Waals surface area contributed by atoms with Crippen molar-refractivity contribution in [3.8, 4) is 0 Å². The van der Waals surface area contributed by atoms with Gasteiger partial charge in [-0.3, -0.25) is 9.59 Å². The minimum atomic E-state index is 0.111. The molecule has 42 heavy (non-hydrogen) atoms. The quantitative estimate of drug-likeness (QED) is 0.280. The molecule has 1 aliphatic carbocycles. The van der Waals surface area contributed by atoms with Crippen molar-refractivity contribution in [3.05, 3.63) is 111 Å². The van der Waals surface area contributed by atoms with E-state index in [-0.39, 0.29) is 11.8 Å². The molecule has 0 spiro atoms. The third-order valence-corrected chi connectivity index (χ3v) is 10.8. The predicted molar refractivity (Wildman–Crippen MR) is 173 cm³/mol. The van der Waals surface area contributed by atoms with Gasteiger partial charge in [-0.1, -0.05) is 79.1 Å². The third-order valence-electron chi connectivity index (χ3n) is 9.39. The first kappa shape index (κ1) is 28.8. The van der Waals surface area contributed by atoms with Gasteiger partial charge in [-0.05, 0) is 92.3 Å². The highest BCUT2D eigenvalue weighted by molar-refractivity contribution is 8.04. The van der Waals surface area contributed by atoms with Crippen LogP contribution >= 0.6 is 11.8 Å². The molecule has 3 aliphatic rings. The van der Waals surface area contributed by atoms with Gasteiger partial charge in [0.1, 0.15) is 0 Å². The molecular formula is C37H42N2O2S. The second-order valence-electron chi connectivity index (χ2n) is 12.4. The van der Waals surface area contributed by atoms with Gasteiger partial charge in [0, 0.05) is 36.5 Å². The van der Waals surface area contributed by atoms with Gasteiger partial charge in [0.2, 0.25) is 0 Å². The highest BCUT2D eigenvalue weighted by Gasteiger charge is 2.40. The number of thioether (sulfide) groups is 1. The van der Waals surface area contributed by atoms with Crippen LogP contribution in [0.15, 0.2) is 77.7 Å². The first-order valence-electron chi connectivity index (χ1n) is 15.6. The molecule has 2 saturated heterocycles. The van der Waals surface area contributed by atoms with Crippen LogP contribution in [0.2, 0.25) is 0 Å². The van der Waals surface area contributed by atoms with Crippen LogP contribution in [0.1, 0.15) is 76.7 Å². The molecule has 0 aromatic heterocycles. The number of rotatable bonds is 6. The number of likely N-dealkylation sites (tertiary alicyclic amines) is 1. The number of fused-ring (bicyclic) bond motifs is 1. The van der Waals surface area contributed by atoms with Crippen molar-refractivity contribution in [2.75, 3.05) is 13.1 Å². The summed E-state index contributed by atoms with van der Waals surface area (Å²) in [5, 5.41) is 0.443. The molecule has 2 unspecified atom stereocenters. The Labute approximate surface area is 255 Å². The van der Waals surface area contributed by atoms with Crippen molar-refractivity contribution in [2.24, 2.45) is 5.92 Å². The lowest BCUT2D eigenvalue weighted by atomic mass is 9.90.